The summed E-state index contributed by atoms with van der Waals surface area (Å²) in [5.74, 6) is -0.425. The molecule has 4 rings (SSSR count). The standard InChI is InChI=1S/C21H16ClN5O4/c1-13-10-17-18(25-26(24-17)15-8-6-14(22)7-9-15)11-16(13)23-21(28)12-31-20-5-3-2-4-19(20)27(29)30/h2-11H,12H2,1H3,(H,23,28). The van der Waals surface area contributed by atoms with E-state index in [0.29, 0.717) is 21.7 Å². The molecule has 0 radical (unpaired) electrons. The Labute approximate surface area is 181 Å². The highest BCUT2D eigenvalue weighted by atomic mass is 35.5. The molecule has 0 aliphatic carbocycles. The minimum absolute atomic E-state index is 0.0285. The lowest BCUT2D eigenvalue weighted by molar-refractivity contribution is -0.385. The Morgan fingerprint density at radius 3 is 2.52 bits per heavy atom. The summed E-state index contributed by atoms with van der Waals surface area (Å²) in [5.41, 5.74) is 3.15. The maximum absolute atomic E-state index is 12.4. The number of para-hydroxylation sites is 2. The van der Waals surface area contributed by atoms with Crippen LogP contribution in [0.4, 0.5) is 11.4 Å². The van der Waals surface area contributed by atoms with Crippen LogP contribution in [0.5, 0.6) is 5.75 Å². The molecular formula is C21H16ClN5O4. The molecular weight excluding hydrogens is 422 g/mol. The van der Waals surface area contributed by atoms with Crippen molar-refractivity contribution in [3.05, 3.63) is 81.4 Å². The molecule has 4 aromatic rings. The fraction of sp³-hybridized carbons (Fsp3) is 0.0952. The van der Waals surface area contributed by atoms with E-state index < -0.39 is 10.8 Å². The van der Waals surface area contributed by atoms with Gasteiger partial charge in [0.05, 0.1) is 10.6 Å². The fourth-order valence-electron chi connectivity index (χ4n) is 2.95. The predicted octanol–water partition coefficient (Wildman–Crippen LogP) is 4.31. The minimum Gasteiger partial charge on any atom is -0.477 e. The number of carbonyl (C=O) groups excluding carboxylic acids is 1. The van der Waals surface area contributed by atoms with Crippen molar-refractivity contribution in [3.8, 4) is 11.4 Å². The third kappa shape index (κ3) is 4.46. The van der Waals surface area contributed by atoms with Crippen molar-refractivity contribution in [1.29, 1.82) is 0 Å². The normalized spacial score (nSPS) is 10.8. The van der Waals surface area contributed by atoms with Gasteiger partial charge in [0.2, 0.25) is 0 Å². The number of anilines is 1. The first-order valence-electron chi connectivity index (χ1n) is 9.20. The van der Waals surface area contributed by atoms with Crippen LogP contribution in [-0.4, -0.2) is 32.4 Å². The van der Waals surface area contributed by atoms with Gasteiger partial charge in [-0.15, -0.1) is 10.2 Å². The summed E-state index contributed by atoms with van der Waals surface area (Å²) >= 11 is 5.92. The number of nitro benzene ring substituents is 1. The highest BCUT2D eigenvalue weighted by Gasteiger charge is 2.16. The average molecular weight is 438 g/mol. The Kier molecular flexibility index (Phi) is 5.50. The van der Waals surface area contributed by atoms with Gasteiger partial charge in [0.25, 0.3) is 5.91 Å². The highest BCUT2D eigenvalue weighted by Crippen LogP contribution is 2.26. The molecule has 1 amide bonds. The van der Waals surface area contributed by atoms with Crippen molar-refractivity contribution in [2.24, 2.45) is 0 Å². The molecule has 0 spiro atoms. The van der Waals surface area contributed by atoms with Crippen LogP contribution in [0.2, 0.25) is 5.02 Å². The number of nitrogens with one attached hydrogen (secondary N) is 1. The lowest BCUT2D eigenvalue weighted by Gasteiger charge is -2.09. The molecule has 156 valence electrons. The molecule has 0 aliphatic rings. The van der Waals surface area contributed by atoms with E-state index in [1.54, 1.807) is 36.4 Å². The summed E-state index contributed by atoms with van der Waals surface area (Å²) in [6, 6.07) is 16.5. The monoisotopic (exact) mass is 437 g/mol. The molecule has 1 aromatic heterocycles. The first kappa shape index (κ1) is 20.3. The van der Waals surface area contributed by atoms with Crippen LogP contribution >= 0.6 is 11.6 Å². The van der Waals surface area contributed by atoms with Crippen LogP contribution in [-0.2, 0) is 4.79 Å². The van der Waals surface area contributed by atoms with Crippen LogP contribution in [0.3, 0.4) is 0 Å². The molecule has 1 heterocycles. The number of rotatable bonds is 6. The second kappa shape index (κ2) is 8.41. The largest absolute Gasteiger partial charge is 0.477 e. The van der Waals surface area contributed by atoms with Crippen LogP contribution in [0.25, 0.3) is 16.7 Å². The lowest BCUT2D eigenvalue weighted by Crippen LogP contribution is -2.21. The molecule has 0 atom stereocenters. The zero-order valence-electron chi connectivity index (χ0n) is 16.3. The van der Waals surface area contributed by atoms with Crippen LogP contribution in [0, 0.1) is 17.0 Å². The number of hydrogen-bond acceptors (Lipinski definition) is 6. The van der Waals surface area contributed by atoms with Gasteiger partial charge in [-0.05, 0) is 55.0 Å². The predicted molar refractivity (Wildman–Crippen MR) is 116 cm³/mol. The first-order chi connectivity index (χ1) is 14.9. The van der Waals surface area contributed by atoms with Gasteiger partial charge in [0, 0.05) is 16.8 Å². The van der Waals surface area contributed by atoms with Gasteiger partial charge in [-0.2, -0.15) is 4.80 Å². The van der Waals surface area contributed by atoms with Gasteiger partial charge in [0.15, 0.2) is 12.4 Å². The zero-order chi connectivity index (χ0) is 22.0. The average Bonchev–Trinajstić information content (AvgIpc) is 3.15. The molecule has 31 heavy (non-hydrogen) atoms. The molecule has 10 heteroatoms. The third-order valence-electron chi connectivity index (χ3n) is 4.48. The van der Waals surface area contributed by atoms with Gasteiger partial charge in [-0.3, -0.25) is 14.9 Å². The molecule has 0 fully saturated rings. The number of fused-ring (bicyclic) bond motifs is 1. The van der Waals surface area contributed by atoms with Gasteiger partial charge in [-0.25, -0.2) is 0 Å². The van der Waals surface area contributed by atoms with E-state index in [9.17, 15) is 14.9 Å². The van der Waals surface area contributed by atoms with Crippen LogP contribution in [0.15, 0.2) is 60.7 Å². The number of carbonyl (C=O) groups is 1. The van der Waals surface area contributed by atoms with E-state index in [4.69, 9.17) is 16.3 Å². The van der Waals surface area contributed by atoms with Crippen molar-refractivity contribution < 1.29 is 14.5 Å². The number of nitro groups is 1. The summed E-state index contributed by atoms with van der Waals surface area (Å²) in [4.78, 5) is 24.3. The SMILES string of the molecule is Cc1cc2nn(-c3ccc(Cl)cc3)nc2cc1NC(=O)COc1ccccc1[N+](=O)[O-]. The number of ether oxygens (including phenoxy) is 1. The van der Waals surface area contributed by atoms with E-state index in [0.717, 1.165) is 11.3 Å². The van der Waals surface area contributed by atoms with Crippen molar-refractivity contribution in [3.63, 3.8) is 0 Å². The number of aromatic nitrogens is 3. The molecule has 0 saturated carbocycles. The van der Waals surface area contributed by atoms with Crippen molar-refractivity contribution in [2.45, 2.75) is 6.92 Å². The van der Waals surface area contributed by atoms with E-state index in [2.05, 4.69) is 15.5 Å². The number of amides is 1. The van der Waals surface area contributed by atoms with Crippen LogP contribution in [0.1, 0.15) is 5.56 Å². The first-order valence-corrected chi connectivity index (χ1v) is 9.58. The quantitative estimate of drug-likeness (QED) is 0.355. The Bertz CT molecular complexity index is 1290. The summed E-state index contributed by atoms with van der Waals surface area (Å²) in [7, 11) is 0. The van der Waals surface area contributed by atoms with E-state index >= 15 is 0 Å². The second-order valence-corrected chi connectivity index (χ2v) is 7.12. The Hall–Kier alpha value is -3.98. The molecule has 0 saturated heterocycles. The number of hydrogen-bond donors (Lipinski definition) is 1. The van der Waals surface area contributed by atoms with Gasteiger partial charge in [0.1, 0.15) is 11.0 Å². The summed E-state index contributed by atoms with van der Waals surface area (Å²) in [5, 5.41) is 23.3. The summed E-state index contributed by atoms with van der Waals surface area (Å²) in [6.45, 7) is 1.46. The number of halogens is 1. The van der Waals surface area contributed by atoms with Gasteiger partial charge in [-0.1, -0.05) is 23.7 Å². The summed E-state index contributed by atoms with van der Waals surface area (Å²) < 4.78 is 5.33. The molecule has 1 N–H and O–H groups in total. The Morgan fingerprint density at radius 1 is 1.13 bits per heavy atom. The van der Waals surface area contributed by atoms with Crippen molar-refractivity contribution in [1.82, 2.24) is 15.0 Å². The fourth-order valence-corrected chi connectivity index (χ4v) is 3.08. The maximum atomic E-state index is 12.4. The number of benzene rings is 3. The van der Waals surface area contributed by atoms with Crippen molar-refractivity contribution in [2.75, 3.05) is 11.9 Å². The van der Waals surface area contributed by atoms with Gasteiger partial charge >= 0.3 is 5.69 Å². The van der Waals surface area contributed by atoms with E-state index in [1.165, 1.54) is 23.0 Å². The summed E-state index contributed by atoms with van der Waals surface area (Å²) in [6.07, 6.45) is 0. The molecule has 0 bridgehead atoms. The molecule has 3 aromatic carbocycles. The lowest BCUT2D eigenvalue weighted by atomic mass is 10.1. The molecule has 9 nitrogen and oxygen atoms in total. The smallest absolute Gasteiger partial charge is 0.310 e. The van der Waals surface area contributed by atoms with Crippen LogP contribution < -0.4 is 10.1 Å². The van der Waals surface area contributed by atoms with E-state index in [1.807, 2.05) is 13.0 Å². The highest BCUT2D eigenvalue weighted by molar-refractivity contribution is 6.30. The Morgan fingerprint density at radius 2 is 1.81 bits per heavy atom. The molecule has 0 unspecified atom stereocenters. The van der Waals surface area contributed by atoms with E-state index in [-0.39, 0.29) is 18.0 Å². The topological polar surface area (TPSA) is 112 Å². The minimum atomic E-state index is -0.560. The number of nitrogens with zero attached hydrogens (tertiary/aromatic N) is 4. The van der Waals surface area contributed by atoms with Gasteiger partial charge < -0.3 is 10.1 Å². The maximum Gasteiger partial charge on any atom is 0.310 e. The molecule has 0 aliphatic heterocycles. The Balaban J connectivity index is 1.50. The van der Waals surface area contributed by atoms with Crippen molar-refractivity contribution >= 4 is 39.9 Å². The third-order valence-corrected chi connectivity index (χ3v) is 4.73. The number of aryl methyl sites for hydroxylation is 1. The second-order valence-electron chi connectivity index (χ2n) is 6.68. The zero-order valence-corrected chi connectivity index (χ0v) is 17.0.